The maximum Gasteiger partial charge on any atom is 0.282 e. The summed E-state index contributed by atoms with van der Waals surface area (Å²) in [6, 6.07) is 21.4. The van der Waals surface area contributed by atoms with Gasteiger partial charge in [0.25, 0.3) is 11.8 Å². The number of imide groups is 1. The van der Waals surface area contributed by atoms with E-state index in [4.69, 9.17) is 4.74 Å². The predicted molar refractivity (Wildman–Crippen MR) is 109 cm³/mol. The van der Waals surface area contributed by atoms with E-state index in [0.29, 0.717) is 17.0 Å². The molecule has 0 atom stereocenters. The lowest BCUT2D eigenvalue weighted by molar-refractivity contribution is -0.120. The number of halogens is 1. The summed E-state index contributed by atoms with van der Waals surface area (Å²) in [5, 5.41) is 3.05. The number of methoxy groups -OCH3 is 1. The monoisotopic (exact) mass is 388 g/mol. The van der Waals surface area contributed by atoms with Crippen LogP contribution in [0.2, 0.25) is 0 Å². The summed E-state index contributed by atoms with van der Waals surface area (Å²) in [4.78, 5) is 27.5. The van der Waals surface area contributed by atoms with Crippen molar-refractivity contribution < 1.29 is 18.7 Å². The second-order valence-electron chi connectivity index (χ2n) is 6.37. The van der Waals surface area contributed by atoms with Gasteiger partial charge in [-0.05, 0) is 36.4 Å². The first-order valence-electron chi connectivity index (χ1n) is 8.94. The van der Waals surface area contributed by atoms with E-state index in [1.165, 1.54) is 25.3 Å². The predicted octanol–water partition coefficient (Wildman–Crippen LogP) is 4.23. The molecular formula is C23H17FN2O3. The van der Waals surface area contributed by atoms with Gasteiger partial charge in [0.1, 0.15) is 17.3 Å². The molecule has 1 heterocycles. The van der Waals surface area contributed by atoms with Crippen molar-refractivity contribution in [3.63, 3.8) is 0 Å². The zero-order chi connectivity index (χ0) is 20.4. The van der Waals surface area contributed by atoms with Crippen LogP contribution in [0.15, 0.2) is 84.6 Å². The standard InChI is InChI=1S/C23H17FN2O3/c1-29-19-13-6-5-12-18(19)20-21(25-16-9-3-2-4-10-16)23(28)26(22(20)27)17-11-7-8-15(24)14-17/h2-14,25H,1H3. The van der Waals surface area contributed by atoms with Crippen molar-refractivity contribution in [2.24, 2.45) is 0 Å². The van der Waals surface area contributed by atoms with Crippen LogP contribution in [0.4, 0.5) is 15.8 Å². The fraction of sp³-hybridized carbons (Fsp3) is 0.0435. The molecule has 3 aromatic carbocycles. The highest BCUT2D eigenvalue weighted by Gasteiger charge is 2.41. The molecular weight excluding hydrogens is 371 g/mol. The Bertz CT molecular complexity index is 1130. The van der Waals surface area contributed by atoms with E-state index in [1.54, 1.807) is 36.4 Å². The van der Waals surface area contributed by atoms with E-state index in [1.807, 2.05) is 18.2 Å². The lowest BCUT2D eigenvalue weighted by Gasteiger charge is -2.15. The molecule has 144 valence electrons. The Labute approximate surface area is 167 Å². The number of hydrogen-bond donors (Lipinski definition) is 1. The molecule has 0 aliphatic carbocycles. The van der Waals surface area contributed by atoms with E-state index >= 15 is 0 Å². The van der Waals surface area contributed by atoms with E-state index in [0.717, 1.165) is 11.0 Å². The van der Waals surface area contributed by atoms with Crippen LogP contribution in [0.5, 0.6) is 5.75 Å². The summed E-state index contributed by atoms with van der Waals surface area (Å²) < 4.78 is 19.2. The molecule has 1 aliphatic rings. The average molecular weight is 388 g/mol. The Kier molecular flexibility index (Phi) is 4.83. The highest BCUT2D eigenvalue weighted by Crippen LogP contribution is 2.37. The van der Waals surface area contributed by atoms with Crippen molar-refractivity contribution in [2.45, 2.75) is 0 Å². The van der Waals surface area contributed by atoms with Gasteiger partial charge < -0.3 is 10.1 Å². The first-order chi connectivity index (χ1) is 14.1. The SMILES string of the molecule is COc1ccccc1C1=C(Nc2ccccc2)C(=O)N(c2cccc(F)c2)C1=O. The third kappa shape index (κ3) is 3.36. The minimum atomic E-state index is -0.564. The quantitative estimate of drug-likeness (QED) is 0.665. The minimum absolute atomic E-state index is 0.106. The summed E-state index contributed by atoms with van der Waals surface area (Å²) in [5.41, 5.74) is 1.57. The van der Waals surface area contributed by atoms with Gasteiger partial charge in [-0.25, -0.2) is 9.29 Å². The van der Waals surface area contributed by atoms with Gasteiger partial charge in [0.15, 0.2) is 0 Å². The lowest BCUT2D eigenvalue weighted by Crippen LogP contribution is -2.32. The smallest absolute Gasteiger partial charge is 0.282 e. The molecule has 5 nitrogen and oxygen atoms in total. The van der Waals surface area contributed by atoms with Crippen molar-refractivity contribution in [3.05, 3.63) is 95.9 Å². The van der Waals surface area contributed by atoms with Gasteiger partial charge in [-0.2, -0.15) is 0 Å². The second-order valence-corrected chi connectivity index (χ2v) is 6.37. The zero-order valence-electron chi connectivity index (χ0n) is 15.6. The molecule has 0 saturated carbocycles. The molecule has 0 aromatic heterocycles. The number of nitrogens with one attached hydrogen (secondary N) is 1. The van der Waals surface area contributed by atoms with Crippen molar-refractivity contribution in [3.8, 4) is 5.75 Å². The zero-order valence-corrected chi connectivity index (χ0v) is 15.6. The largest absolute Gasteiger partial charge is 0.496 e. The maximum atomic E-state index is 13.8. The molecule has 0 unspecified atom stereocenters. The number of carbonyl (C=O) groups excluding carboxylic acids is 2. The van der Waals surface area contributed by atoms with Gasteiger partial charge in [-0.3, -0.25) is 9.59 Å². The molecule has 2 amide bonds. The van der Waals surface area contributed by atoms with Crippen molar-refractivity contribution in [1.82, 2.24) is 0 Å². The summed E-state index contributed by atoms with van der Waals surface area (Å²) in [7, 11) is 1.50. The van der Waals surface area contributed by atoms with Crippen LogP contribution in [-0.2, 0) is 9.59 Å². The topological polar surface area (TPSA) is 58.6 Å². The fourth-order valence-electron chi connectivity index (χ4n) is 3.26. The highest BCUT2D eigenvalue weighted by molar-refractivity contribution is 6.46. The first-order valence-corrected chi connectivity index (χ1v) is 8.94. The molecule has 1 aliphatic heterocycles. The Morgan fingerprint density at radius 1 is 0.862 bits per heavy atom. The van der Waals surface area contributed by atoms with Crippen LogP contribution in [0.1, 0.15) is 5.56 Å². The Hall–Kier alpha value is -3.93. The second kappa shape index (κ2) is 7.59. The number of benzene rings is 3. The third-order valence-corrected chi connectivity index (χ3v) is 4.57. The number of hydrogen-bond acceptors (Lipinski definition) is 4. The molecule has 6 heteroatoms. The van der Waals surface area contributed by atoms with Crippen molar-refractivity contribution in [1.29, 1.82) is 0 Å². The molecule has 0 bridgehead atoms. The number of rotatable bonds is 5. The summed E-state index contributed by atoms with van der Waals surface area (Å²) in [5.74, 6) is -1.20. The molecule has 3 aromatic rings. The number of para-hydroxylation sites is 2. The Morgan fingerprint density at radius 2 is 1.59 bits per heavy atom. The Morgan fingerprint density at radius 3 is 2.31 bits per heavy atom. The van der Waals surface area contributed by atoms with Crippen molar-refractivity contribution in [2.75, 3.05) is 17.3 Å². The van der Waals surface area contributed by atoms with Crippen LogP contribution < -0.4 is 15.0 Å². The van der Waals surface area contributed by atoms with Gasteiger partial charge in [0.05, 0.1) is 18.4 Å². The van der Waals surface area contributed by atoms with E-state index in [9.17, 15) is 14.0 Å². The van der Waals surface area contributed by atoms with Gasteiger partial charge in [0, 0.05) is 11.3 Å². The molecule has 0 fully saturated rings. The summed E-state index contributed by atoms with van der Waals surface area (Å²) >= 11 is 0. The van der Waals surface area contributed by atoms with Crippen molar-refractivity contribution >= 4 is 28.8 Å². The average Bonchev–Trinajstić information content (AvgIpc) is 2.98. The lowest BCUT2D eigenvalue weighted by atomic mass is 10.0. The number of carbonyl (C=O) groups is 2. The van der Waals surface area contributed by atoms with Gasteiger partial charge >= 0.3 is 0 Å². The summed E-state index contributed by atoms with van der Waals surface area (Å²) in [6.45, 7) is 0. The molecule has 0 radical (unpaired) electrons. The highest BCUT2D eigenvalue weighted by atomic mass is 19.1. The number of anilines is 2. The first kappa shape index (κ1) is 18.4. The van der Waals surface area contributed by atoms with Crippen LogP contribution in [0.25, 0.3) is 5.57 Å². The van der Waals surface area contributed by atoms with Crippen LogP contribution in [-0.4, -0.2) is 18.9 Å². The van der Waals surface area contributed by atoms with E-state index in [-0.39, 0.29) is 17.0 Å². The normalized spacial score (nSPS) is 13.8. The Balaban J connectivity index is 1.87. The third-order valence-electron chi connectivity index (χ3n) is 4.57. The van der Waals surface area contributed by atoms with E-state index < -0.39 is 17.6 Å². The number of nitrogens with zero attached hydrogens (tertiary/aromatic N) is 1. The van der Waals surface area contributed by atoms with Crippen LogP contribution >= 0.6 is 0 Å². The molecule has 0 spiro atoms. The fourth-order valence-corrected chi connectivity index (χ4v) is 3.26. The van der Waals surface area contributed by atoms with Gasteiger partial charge in [-0.15, -0.1) is 0 Å². The van der Waals surface area contributed by atoms with Crippen LogP contribution in [0.3, 0.4) is 0 Å². The molecule has 1 N–H and O–H groups in total. The van der Waals surface area contributed by atoms with Gasteiger partial charge in [0.2, 0.25) is 0 Å². The number of ether oxygens (including phenoxy) is 1. The van der Waals surface area contributed by atoms with E-state index in [2.05, 4.69) is 5.32 Å². The molecule has 4 rings (SSSR count). The molecule has 29 heavy (non-hydrogen) atoms. The number of amides is 2. The maximum absolute atomic E-state index is 13.8. The minimum Gasteiger partial charge on any atom is -0.496 e. The molecule has 0 saturated heterocycles. The summed E-state index contributed by atoms with van der Waals surface area (Å²) in [6.07, 6.45) is 0. The van der Waals surface area contributed by atoms with Crippen LogP contribution in [0, 0.1) is 5.82 Å². The van der Waals surface area contributed by atoms with Gasteiger partial charge in [-0.1, -0.05) is 42.5 Å².